The fraction of sp³-hybridized carbons (Fsp3) is 0.818. The van der Waals surface area contributed by atoms with Gasteiger partial charge in [-0.1, -0.05) is 13.3 Å². The van der Waals surface area contributed by atoms with E-state index < -0.39 is 0 Å². The van der Waals surface area contributed by atoms with Crippen LogP contribution in [0, 0.1) is 0 Å². The first kappa shape index (κ1) is 12.5. The average Bonchev–Trinajstić information content (AvgIpc) is 2.96. The number of unbranched alkanes of at least 4 members (excludes halogenated alkanes) is 1. The van der Waals surface area contributed by atoms with Crippen LogP contribution in [-0.2, 0) is 4.79 Å². The maximum absolute atomic E-state index is 12.5. The van der Waals surface area contributed by atoms with Gasteiger partial charge in [-0.15, -0.1) is 11.8 Å². The van der Waals surface area contributed by atoms with Crippen molar-refractivity contribution in [2.75, 3.05) is 12.3 Å². The van der Waals surface area contributed by atoms with Gasteiger partial charge in [-0.25, -0.2) is 0 Å². The maximum Gasteiger partial charge on any atom is 0.240 e. The zero-order chi connectivity index (χ0) is 12.7. The molecule has 3 atom stereocenters. The Labute approximate surface area is 117 Å². The van der Waals surface area contributed by atoms with E-state index in [2.05, 4.69) is 22.7 Å². The molecule has 3 fully saturated rings. The van der Waals surface area contributed by atoms with Gasteiger partial charge in [0.2, 0.25) is 5.91 Å². The van der Waals surface area contributed by atoms with Crippen molar-refractivity contribution in [3.8, 4) is 0 Å². The predicted molar refractivity (Wildman–Crippen MR) is 75.8 cm³/mol. The summed E-state index contributed by atoms with van der Waals surface area (Å²) in [5.74, 6) is 1.32. The van der Waals surface area contributed by atoms with Gasteiger partial charge in [0.05, 0.1) is 6.04 Å². The predicted octanol–water partition coefficient (Wildman–Crippen LogP) is 0.481. The standard InChI is InChI=1S/C11H18N4OS2/c1-2-3-5-14-9(16)8-7(4-6-18-8)15-10(14)12-13-11(15)17/h7-8,10,12H,2-6H2,1H3,(H,13,17). The van der Waals surface area contributed by atoms with Gasteiger partial charge in [0.25, 0.3) is 0 Å². The number of nitrogens with one attached hydrogen (secondary N) is 2. The molecule has 3 unspecified atom stereocenters. The van der Waals surface area contributed by atoms with Gasteiger partial charge in [-0.05, 0) is 30.8 Å². The van der Waals surface area contributed by atoms with Crippen LogP contribution < -0.4 is 10.9 Å². The minimum absolute atomic E-state index is 0.0674. The molecule has 100 valence electrons. The van der Waals surface area contributed by atoms with E-state index in [9.17, 15) is 4.79 Å². The molecule has 0 radical (unpaired) electrons. The van der Waals surface area contributed by atoms with Gasteiger partial charge in [-0.2, -0.15) is 5.43 Å². The highest BCUT2D eigenvalue weighted by Gasteiger charge is 2.52. The van der Waals surface area contributed by atoms with Crippen molar-refractivity contribution in [3.63, 3.8) is 0 Å². The Balaban J connectivity index is 1.86. The number of hydrazine groups is 1. The number of rotatable bonds is 3. The number of thiocarbonyl (C=S) groups is 1. The van der Waals surface area contributed by atoms with Crippen LogP contribution in [0.2, 0.25) is 0 Å². The lowest BCUT2D eigenvalue weighted by Crippen LogP contribution is -2.66. The summed E-state index contributed by atoms with van der Waals surface area (Å²) in [4.78, 5) is 16.6. The lowest BCUT2D eigenvalue weighted by atomic mass is 10.1. The van der Waals surface area contributed by atoms with Gasteiger partial charge in [0.15, 0.2) is 11.4 Å². The summed E-state index contributed by atoms with van der Waals surface area (Å²) < 4.78 is 0. The van der Waals surface area contributed by atoms with Gasteiger partial charge >= 0.3 is 0 Å². The van der Waals surface area contributed by atoms with Crippen molar-refractivity contribution >= 4 is 35.0 Å². The van der Waals surface area contributed by atoms with Crippen LogP contribution in [0.1, 0.15) is 26.2 Å². The van der Waals surface area contributed by atoms with Crippen LogP contribution in [0.15, 0.2) is 0 Å². The molecule has 3 aliphatic heterocycles. The van der Waals surface area contributed by atoms with Gasteiger partial charge in [0.1, 0.15) is 5.25 Å². The van der Waals surface area contributed by atoms with Crippen LogP contribution in [0.4, 0.5) is 0 Å². The summed E-state index contributed by atoms with van der Waals surface area (Å²) in [5, 5.41) is 0.796. The molecule has 2 N–H and O–H groups in total. The van der Waals surface area contributed by atoms with Gasteiger partial charge in [0, 0.05) is 6.54 Å². The Hall–Kier alpha value is -0.530. The fourth-order valence-corrected chi connectivity index (χ4v) is 4.57. The number of amides is 1. The zero-order valence-corrected chi connectivity index (χ0v) is 12.0. The lowest BCUT2D eigenvalue weighted by Gasteiger charge is -2.45. The van der Waals surface area contributed by atoms with E-state index in [1.807, 2.05) is 4.90 Å². The first-order chi connectivity index (χ1) is 8.74. The Morgan fingerprint density at radius 2 is 2.39 bits per heavy atom. The molecule has 0 aromatic carbocycles. The van der Waals surface area contributed by atoms with E-state index >= 15 is 0 Å². The maximum atomic E-state index is 12.5. The summed E-state index contributed by atoms with van der Waals surface area (Å²) >= 11 is 7.12. The zero-order valence-electron chi connectivity index (χ0n) is 10.4. The second-order valence-corrected chi connectivity index (χ2v) is 6.52. The molecule has 0 aromatic rings. The number of thioether (sulfide) groups is 1. The second-order valence-electron chi connectivity index (χ2n) is 4.89. The van der Waals surface area contributed by atoms with E-state index in [1.54, 1.807) is 11.8 Å². The summed E-state index contributed by atoms with van der Waals surface area (Å²) in [6.07, 6.45) is 3.08. The third-order valence-corrected chi connectivity index (χ3v) is 5.46. The molecular formula is C11H18N4OS2. The van der Waals surface area contributed by atoms with Crippen molar-refractivity contribution in [1.82, 2.24) is 20.7 Å². The molecule has 18 heavy (non-hydrogen) atoms. The molecule has 0 saturated carbocycles. The van der Waals surface area contributed by atoms with Gasteiger partial charge < -0.3 is 9.80 Å². The van der Waals surface area contributed by atoms with Crippen molar-refractivity contribution in [2.45, 2.75) is 43.8 Å². The molecule has 0 bridgehead atoms. The monoisotopic (exact) mass is 286 g/mol. The molecule has 0 spiro atoms. The average molecular weight is 286 g/mol. The third kappa shape index (κ3) is 1.80. The molecule has 0 aromatic heterocycles. The van der Waals surface area contributed by atoms with Crippen molar-refractivity contribution in [2.24, 2.45) is 0 Å². The highest BCUT2D eigenvalue weighted by molar-refractivity contribution is 8.00. The third-order valence-electron chi connectivity index (χ3n) is 3.80. The molecule has 3 saturated heterocycles. The van der Waals surface area contributed by atoms with Crippen LogP contribution in [0.3, 0.4) is 0 Å². The summed E-state index contributed by atoms with van der Waals surface area (Å²) in [6.45, 7) is 2.95. The number of hydrogen-bond acceptors (Lipinski definition) is 4. The molecule has 5 nitrogen and oxygen atoms in total. The molecular weight excluding hydrogens is 268 g/mol. The number of carbonyl (C=O) groups is 1. The van der Waals surface area contributed by atoms with Crippen LogP contribution >= 0.6 is 24.0 Å². The number of fused-ring (bicyclic) bond motifs is 3. The highest BCUT2D eigenvalue weighted by Crippen LogP contribution is 2.38. The topological polar surface area (TPSA) is 47.6 Å². The Kier molecular flexibility index (Phi) is 3.38. The van der Waals surface area contributed by atoms with E-state index in [-0.39, 0.29) is 23.5 Å². The van der Waals surface area contributed by atoms with E-state index in [0.717, 1.165) is 36.7 Å². The normalized spacial score (nSPS) is 34.6. The Morgan fingerprint density at radius 3 is 3.17 bits per heavy atom. The minimum atomic E-state index is -0.0866. The molecule has 3 rings (SSSR count). The first-order valence-corrected chi connectivity index (χ1v) is 7.95. The first-order valence-electron chi connectivity index (χ1n) is 6.50. The Bertz CT molecular complexity index is 378. The quantitative estimate of drug-likeness (QED) is 0.736. The number of nitrogens with zero attached hydrogens (tertiary/aromatic N) is 2. The molecule has 0 aliphatic carbocycles. The molecule has 3 aliphatic rings. The summed E-state index contributed by atoms with van der Waals surface area (Å²) in [6, 6.07) is 0.264. The number of carbonyl (C=O) groups excluding carboxylic acids is 1. The van der Waals surface area contributed by atoms with Crippen molar-refractivity contribution in [1.29, 1.82) is 0 Å². The van der Waals surface area contributed by atoms with Crippen molar-refractivity contribution < 1.29 is 4.79 Å². The van der Waals surface area contributed by atoms with Crippen LogP contribution in [-0.4, -0.2) is 50.7 Å². The second kappa shape index (κ2) is 4.86. The van der Waals surface area contributed by atoms with Crippen molar-refractivity contribution in [3.05, 3.63) is 0 Å². The number of hydrogen-bond donors (Lipinski definition) is 2. The molecule has 3 heterocycles. The van der Waals surface area contributed by atoms with E-state index in [1.165, 1.54) is 0 Å². The van der Waals surface area contributed by atoms with E-state index in [4.69, 9.17) is 12.2 Å². The van der Waals surface area contributed by atoms with Gasteiger partial charge in [-0.3, -0.25) is 10.2 Å². The largest absolute Gasteiger partial charge is 0.309 e. The van der Waals surface area contributed by atoms with E-state index in [0.29, 0.717) is 0 Å². The summed E-state index contributed by atoms with van der Waals surface area (Å²) in [7, 11) is 0. The fourth-order valence-electron chi connectivity index (χ4n) is 2.88. The highest BCUT2D eigenvalue weighted by atomic mass is 32.2. The molecule has 1 amide bonds. The van der Waals surface area contributed by atoms with Crippen LogP contribution in [0.5, 0.6) is 0 Å². The van der Waals surface area contributed by atoms with Crippen LogP contribution in [0.25, 0.3) is 0 Å². The smallest absolute Gasteiger partial charge is 0.240 e. The lowest BCUT2D eigenvalue weighted by molar-refractivity contribution is -0.143. The molecule has 7 heteroatoms. The minimum Gasteiger partial charge on any atom is -0.309 e. The Morgan fingerprint density at radius 1 is 1.56 bits per heavy atom. The summed E-state index contributed by atoms with van der Waals surface area (Å²) in [5.41, 5.74) is 6.15. The SMILES string of the molecule is CCCCN1C(=O)C2SCCC2N2C(=S)NNC12.